The van der Waals surface area contributed by atoms with Gasteiger partial charge in [0.05, 0.1) is 11.0 Å². The van der Waals surface area contributed by atoms with Gasteiger partial charge < -0.3 is 4.57 Å². The van der Waals surface area contributed by atoms with Gasteiger partial charge in [0, 0.05) is 46.4 Å². The van der Waals surface area contributed by atoms with Gasteiger partial charge in [-0.3, -0.25) is 0 Å². The third kappa shape index (κ3) is 3.88. The summed E-state index contributed by atoms with van der Waals surface area (Å²) in [7, 11) is -1.23. The molecule has 3 heterocycles. The first kappa shape index (κ1) is 26.4. The molecule has 9 aromatic rings. The number of aromatic nitrogens is 1. The van der Waals surface area contributed by atoms with Crippen LogP contribution >= 0.6 is 23.1 Å². The van der Waals surface area contributed by atoms with Gasteiger partial charge in [-0.05, 0) is 75.2 Å². The third-order valence-electron chi connectivity index (χ3n) is 9.34. The second kappa shape index (κ2) is 10.3. The first-order chi connectivity index (χ1) is 22.8. The summed E-state index contributed by atoms with van der Waals surface area (Å²) in [5, 5.41) is 9.68. The summed E-state index contributed by atoms with van der Waals surface area (Å²) in [6.45, 7) is 0. The number of hydrogen-bond donors (Lipinski definition) is 0. The van der Waals surface area contributed by atoms with Crippen molar-refractivity contribution < 1.29 is 0 Å². The molecule has 1 aliphatic rings. The predicted molar refractivity (Wildman–Crippen MR) is 201 cm³/mol. The molecule has 0 amide bonds. The van der Waals surface area contributed by atoms with Crippen LogP contribution in [0, 0.1) is 0 Å². The van der Waals surface area contributed by atoms with E-state index in [4.69, 9.17) is 0 Å². The fourth-order valence-corrected chi connectivity index (χ4v) is 13.1. The second-order valence-electron chi connectivity index (χ2n) is 11.8. The van der Waals surface area contributed by atoms with E-state index in [2.05, 4.69) is 162 Å². The van der Waals surface area contributed by atoms with Gasteiger partial charge in [-0.1, -0.05) is 121 Å². The third-order valence-corrected chi connectivity index (χ3v) is 14.9. The summed E-state index contributed by atoms with van der Waals surface area (Å²) in [5.74, 6) is 0. The highest BCUT2D eigenvalue weighted by molar-refractivity contribution is 8.00. The van der Waals surface area contributed by atoms with Crippen LogP contribution < -0.4 is 15.6 Å². The molecule has 0 fully saturated rings. The monoisotopic (exact) mass is 636 g/mol. The van der Waals surface area contributed by atoms with E-state index in [1.807, 2.05) is 23.1 Å². The molecule has 1 aliphatic heterocycles. The molecule has 0 atom stereocenters. The molecule has 0 spiro atoms. The molecular weight excluding hydrogens is 611 g/mol. The minimum atomic E-state index is -1.23. The molecule has 1 radical (unpaired) electrons. The van der Waals surface area contributed by atoms with E-state index in [1.165, 1.54) is 84.1 Å². The van der Waals surface area contributed by atoms with Gasteiger partial charge >= 0.3 is 0 Å². The number of hydrogen-bond acceptors (Lipinski definition) is 2. The van der Waals surface area contributed by atoms with Crippen LogP contribution in [-0.4, -0.2) is 13.4 Å². The van der Waals surface area contributed by atoms with Gasteiger partial charge in [0.15, 0.2) is 8.80 Å². The lowest BCUT2D eigenvalue weighted by molar-refractivity contribution is 1.19. The van der Waals surface area contributed by atoms with Crippen LogP contribution in [0.25, 0.3) is 58.8 Å². The van der Waals surface area contributed by atoms with Crippen molar-refractivity contribution in [3.05, 3.63) is 158 Å². The van der Waals surface area contributed by atoms with Crippen molar-refractivity contribution in [3.63, 3.8) is 0 Å². The maximum absolute atomic E-state index is 2.43. The molecule has 0 aliphatic carbocycles. The summed E-state index contributed by atoms with van der Waals surface area (Å²) in [6, 6.07) is 58.8. The highest BCUT2D eigenvalue weighted by Crippen LogP contribution is 2.42. The number of para-hydroxylation sites is 2. The number of thiophene rings is 1. The average molecular weight is 637 g/mol. The topological polar surface area (TPSA) is 4.93 Å². The molecule has 4 heteroatoms. The van der Waals surface area contributed by atoms with E-state index in [0.717, 1.165) is 0 Å². The van der Waals surface area contributed by atoms with Crippen molar-refractivity contribution in [2.75, 3.05) is 0 Å². The fraction of sp³-hybridized carbons (Fsp3) is 0. The van der Waals surface area contributed by atoms with Gasteiger partial charge in [-0.2, -0.15) is 0 Å². The van der Waals surface area contributed by atoms with Gasteiger partial charge in [0.2, 0.25) is 0 Å². The first-order valence-electron chi connectivity index (χ1n) is 15.6. The zero-order valence-corrected chi connectivity index (χ0v) is 27.4. The number of nitrogens with zero attached hydrogens (tertiary/aromatic N) is 1. The van der Waals surface area contributed by atoms with Crippen molar-refractivity contribution in [2.24, 2.45) is 0 Å². The van der Waals surface area contributed by atoms with Crippen LogP contribution in [0.5, 0.6) is 0 Å². The zero-order valence-electron chi connectivity index (χ0n) is 24.8. The molecule has 215 valence electrons. The van der Waals surface area contributed by atoms with Crippen molar-refractivity contribution in [3.8, 4) is 16.8 Å². The molecule has 0 unspecified atom stereocenters. The summed E-state index contributed by atoms with van der Waals surface area (Å²) >= 11 is 3.81. The Balaban J connectivity index is 1.23. The Kier molecular flexibility index (Phi) is 5.92. The molecular formula is C42H26NS2Si. The summed E-state index contributed by atoms with van der Waals surface area (Å²) < 4.78 is 5.09. The van der Waals surface area contributed by atoms with Gasteiger partial charge in [-0.15, -0.1) is 11.3 Å². The Morgan fingerprint density at radius 1 is 0.435 bits per heavy atom. The molecule has 10 rings (SSSR count). The Hall–Kier alpha value is -4.87. The fourth-order valence-electron chi connectivity index (χ4n) is 7.39. The Morgan fingerprint density at radius 2 is 1.02 bits per heavy atom. The summed E-state index contributed by atoms with van der Waals surface area (Å²) in [4.78, 5) is 2.78. The molecule has 0 bridgehead atoms. The number of fused-ring (bicyclic) bond motifs is 8. The van der Waals surface area contributed by atoms with Crippen LogP contribution in [0.1, 0.15) is 0 Å². The Bertz CT molecular complexity index is 2550. The highest BCUT2D eigenvalue weighted by Gasteiger charge is 2.31. The molecule has 1 nitrogen and oxygen atoms in total. The predicted octanol–water partition coefficient (Wildman–Crippen LogP) is 9.80. The maximum atomic E-state index is 2.43. The first-order valence-corrected chi connectivity index (χ1v) is 18.7. The molecule has 2 aromatic heterocycles. The van der Waals surface area contributed by atoms with E-state index in [9.17, 15) is 0 Å². The lowest BCUT2D eigenvalue weighted by Crippen LogP contribution is -2.55. The maximum Gasteiger partial charge on any atom is 0.158 e. The van der Waals surface area contributed by atoms with Crippen LogP contribution in [0.2, 0.25) is 0 Å². The zero-order chi connectivity index (χ0) is 30.2. The van der Waals surface area contributed by atoms with Gasteiger partial charge in [0.25, 0.3) is 0 Å². The molecule has 0 saturated heterocycles. The van der Waals surface area contributed by atoms with E-state index < -0.39 is 8.80 Å². The molecule has 46 heavy (non-hydrogen) atoms. The summed E-state index contributed by atoms with van der Waals surface area (Å²) in [6.07, 6.45) is 0. The van der Waals surface area contributed by atoms with Crippen LogP contribution in [-0.2, 0) is 0 Å². The van der Waals surface area contributed by atoms with E-state index in [0.29, 0.717) is 0 Å². The largest absolute Gasteiger partial charge is 0.309 e. The van der Waals surface area contributed by atoms with E-state index in [-0.39, 0.29) is 0 Å². The Labute approximate surface area is 277 Å². The van der Waals surface area contributed by atoms with Crippen molar-refractivity contribution in [1.29, 1.82) is 0 Å². The van der Waals surface area contributed by atoms with Crippen LogP contribution in [0.4, 0.5) is 0 Å². The second-order valence-corrected chi connectivity index (χ2v) is 16.4. The van der Waals surface area contributed by atoms with Crippen molar-refractivity contribution in [2.45, 2.75) is 9.79 Å². The number of benzene rings is 7. The Morgan fingerprint density at radius 3 is 1.74 bits per heavy atom. The highest BCUT2D eigenvalue weighted by atomic mass is 32.2. The van der Waals surface area contributed by atoms with Gasteiger partial charge in [0.1, 0.15) is 0 Å². The molecule has 0 saturated carbocycles. The SMILES string of the molecule is c1ccc2c(c1)Sc1ccccc1[Si]2c1ccccc1-c1cccc2sc3ccc(-n4c5ccccc5c5ccccc54)cc3c12. The quantitative estimate of drug-likeness (QED) is 0.175. The molecule has 0 N–H and O–H groups in total. The lowest BCUT2D eigenvalue weighted by Gasteiger charge is -2.28. The number of rotatable bonds is 3. The minimum absolute atomic E-state index is 1.20. The van der Waals surface area contributed by atoms with Crippen LogP contribution in [0.15, 0.2) is 168 Å². The van der Waals surface area contributed by atoms with Crippen molar-refractivity contribution in [1.82, 2.24) is 4.57 Å². The molecule has 7 aromatic carbocycles. The smallest absolute Gasteiger partial charge is 0.158 e. The van der Waals surface area contributed by atoms with Crippen LogP contribution in [0.3, 0.4) is 0 Å². The lowest BCUT2D eigenvalue weighted by atomic mass is 9.99. The average Bonchev–Trinajstić information content (AvgIpc) is 3.66. The van der Waals surface area contributed by atoms with E-state index >= 15 is 0 Å². The summed E-state index contributed by atoms with van der Waals surface area (Å²) in [5.41, 5.74) is 6.35. The standard InChI is InChI=1S/C42H26NS2Si/c1-4-16-33-28(12-1)29-13-2-5-17-34(29)43(33)27-24-25-35-32(26-27)42-31(15-11-20-38(42)44-35)30-14-3-8-21-39(30)46-40-22-9-6-18-36(40)45-37-19-7-10-23-41(37)46/h1-26H. The normalized spacial score (nSPS) is 13.0. The van der Waals surface area contributed by atoms with E-state index in [1.54, 1.807) is 0 Å². The minimum Gasteiger partial charge on any atom is -0.309 e. The van der Waals surface area contributed by atoms with Gasteiger partial charge in [-0.25, -0.2) is 0 Å². The van der Waals surface area contributed by atoms with Crippen molar-refractivity contribution >= 4 is 89.4 Å².